The van der Waals surface area contributed by atoms with Gasteiger partial charge >= 0.3 is 15.3 Å². The summed E-state index contributed by atoms with van der Waals surface area (Å²) in [6.07, 6.45) is 0. The molecule has 46 valence electrons. The van der Waals surface area contributed by atoms with E-state index in [1.807, 2.05) is 0 Å². The van der Waals surface area contributed by atoms with Gasteiger partial charge in [0.2, 0.25) is 0 Å². The lowest BCUT2D eigenvalue weighted by molar-refractivity contribution is -1.22. The largest absolute Gasteiger partial charge is 0.472 e. The molecule has 0 saturated carbocycles. The Hall–Kier alpha value is -1.44. The molecule has 5 N–H and O–H groups in total. The van der Waals surface area contributed by atoms with Crippen molar-refractivity contribution in [1.82, 2.24) is 5.23 Å². The van der Waals surface area contributed by atoms with E-state index in [4.69, 9.17) is 10.4 Å². The average molecular weight is 125 g/mol. The third kappa shape index (κ3) is 1.34. The molecule has 0 aromatic carbocycles. The molecule has 0 aromatic rings. The number of hydrogen-bond acceptors (Lipinski definition) is 2. The summed E-state index contributed by atoms with van der Waals surface area (Å²) in [5.74, 6) is 2.60. The van der Waals surface area contributed by atoms with Crippen LogP contribution in [0.5, 0.6) is 0 Å². The van der Waals surface area contributed by atoms with Crippen molar-refractivity contribution in [1.29, 1.82) is 0 Å². The molecule has 0 aliphatic rings. The first kappa shape index (κ1) is 6.56. The van der Waals surface area contributed by atoms with Crippen molar-refractivity contribution in [2.45, 2.75) is 0 Å². The maximum Gasteiger partial charge on any atom is 0.472 e. The lowest BCUT2D eigenvalue weighted by Gasteiger charge is -1.74. The van der Waals surface area contributed by atoms with Crippen LogP contribution in [-0.2, 0) is 0 Å². The van der Waals surface area contributed by atoms with Crippen molar-refractivity contribution in [2.24, 2.45) is 0 Å². The van der Waals surface area contributed by atoms with E-state index < -0.39 is 10.1 Å². The Morgan fingerprint density at radius 2 is 1.50 bits per heavy atom. The van der Waals surface area contributed by atoms with Gasteiger partial charge in [0.1, 0.15) is 9.81 Å². The molecule has 0 radical (unpaired) electrons. The molecule has 8 heavy (non-hydrogen) atoms. The van der Waals surface area contributed by atoms with Crippen LogP contribution in [0.2, 0.25) is 0 Å². The summed E-state index contributed by atoms with van der Waals surface area (Å²) in [7, 11) is 0. The molecule has 8 nitrogen and oxygen atoms in total. The monoisotopic (exact) mass is 125 g/mol. The van der Waals surface area contributed by atoms with Gasteiger partial charge in [0.05, 0.1) is 0 Å². The van der Waals surface area contributed by atoms with Crippen molar-refractivity contribution in [3.63, 3.8) is 0 Å². The van der Waals surface area contributed by atoms with E-state index in [-0.39, 0.29) is 5.23 Å². The molecule has 0 atom stereocenters. The minimum Gasteiger partial charge on any atom is -0.211 e. The highest BCUT2D eigenvalue weighted by Crippen LogP contribution is 1.66. The Morgan fingerprint density at radius 3 is 1.50 bits per heavy atom. The van der Waals surface area contributed by atoms with Crippen LogP contribution in [0.1, 0.15) is 0 Å². The van der Waals surface area contributed by atoms with E-state index in [1.165, 1.54) is 0 Å². The van der Waals surface area contributed by atoms with Crippen molar-refractivity contribution in [3.8, 4) is 0 Å². The summed E-state index contributed by atoms with van der Waals surface area (Å²) in [6.45, 7) is 0. The molecule has 0 aliphatic carbocycles. The summed E-state index contributed by atoms with van der Waals surface area (Å²) >= 11 is 0. The normalized spacial score (nSPS) is 8.12. The molecule has 0 spiro atoms. The van der Waals surface area contributed by atoms with Crippen molar-refractivity contribution in [2.75, 3.05) is 0 Å². The van der Waals surface area contributed by atoms with E-state index in [1.54, 1.807) is 0 Å². The Kier molecular flexibility index (Phi) is 1.66. The Bertz CT molecular complexity index is 103. The highest BCUT2D eigenvalue weighted by molar-refractivity contribution is 3.66. The van der Waals surface area contributed by atoms with Crippen LogP contribution < -0.4 is 5.84 Å². The fourth-order valence-corrected chi connectivity index (χ4v) is 0.0655. The molecule has 0 aliphatic heterocycles. The SMILES string of the molecule is [NH3+]N([N+](=O)O)[N+](=O)O. The number of rotatable bonds is 2. The Labute approximate surface area is 42.7 Å². The maximum absolute atomic E-state index is 9.52. The fraction of sp³-hybridized carbons (Fsp3) is 0. The number of quaternary nitrogens is 1. The van der Waals surface area contributed by atoms with Gasteiger partial charge in [0.25, 0.3) is 0 Å². The molecule has 0 heterocycles. The molecule has 0 unspecified atom stereocenters. The first-order chi connectivity index (χ1) is 3.55. The van der Waals surface area contributed by atoms with E-state index in [2.05, 4.69) is 5.84 Å². The van der Waals surface area contributed by atoms with Gasteiger partial charge < -0.3 is 0 Å². The predicted octanol–water partition coefficient (Wildman–Crippen LogP) is -2.39. The minimum absolute atomic E-state index is 0.250. The molecule has 0 aromatic heterocycles. The van der Waals surface area contributed by atoms with Gasteiger partial charge in [0.15, 0.2) is 0 Å². The first-order valence-electron chi connectivity index (χ1n) is 1.48. The zero-order chi connectivity index (χ0) is 6.73. The molecule has 0 fully saturated rings. The molecular weight excluding hydrogens is 120 g/mol. The van der Waals surface area contributed by atoms with Gasteiger partial charge in [0, 0.05) is 0 Å². The van der Waals surface area contributed by atoms with Gasteiger partial charge in [-0.3, -0.25) is 0 Å². The topological polar surface area (TPSA) is 112 Å². The number of nitrogens with zero attached hydrogens (tertiary/aromatic N) is 3. The number of hydrogen-bond donors (Lipinski definition) is 3. The van der Waals surface area contributed by atoms with Crippen LogP contribution >= 0.6 is 0 Å². The van der Waals surface area contributed by atoms with Crippen molar-refractivity contribution < 1.29 is 26.3 Å². The third-order valence-corrected chi connectivity index (χ3v) is 0.395. The second-order valence-electron chi connectivity index (χ2n) is 0.878. The average Bonchev–Trinajstić information content (AvgIpc) is 1.64. The third-order valence-electron chi connectivity index (χ3n) is 0.395. The highest BCUT2D eigenvalue weighted by Gasteiger charge is 2.37. The van der Waals surface area contributed by atoms with Crippen LogP contribution in [0, 0.1) is 9.81 Å². The predicted molar refractivity (Wildman–Crippen MR) is 15.6 cm³/mol. The summed E-state index contributed by atoms with van der Waals surface area (Å²) < 4.78 is 0. The number of hydrazine groups is 2. The summed E-state index contributed by atoms with van der Waals surface area (Å²) in [4.78, 5) is 19.0. The molecule has 0 saturated heterocycles. The van der Waals surface area contributed by atoms with Crippen LogP contribution in [-0.4, -0.2) is 25.7 Å². The van der Waals surface area contributed by atoms with Gasteiger partial charge in [-0.15, -0.1) is 5.84 Å². The van der Waals surface area contributed by atoms with Crippen LogP contribution in [0.4, 0.5) is 0 Å². The molecule has 0 rings (SSSR count). The van der Waals surface area contributed by atoms with Crippen molar-refractivity contribution >= 4 is 0 Å². The van der Waals surface area contributed by atoms with Crippen LogP contribution in [0.3, 0.4) is 0 Å². The van der Waals surface area contributed by atoms with Crippen LogP contribution in [0.25, 0.3) is 0 Å². The summed E-state index contributed by atoms with van der Waals surface area (Å²) in [5, 5.41) is 13.4. The van der Waals surface area contributed by atoms with E-state index >= 15 is 0 Å². The van der Waals surface area contributed by atoms with E-state index in [0.717, 1.165) is 0 Å². The lowest BCUT2D eigenvalue weighted by atomic mass is 12.1. The smallest absolute Gasteiger partial charge is 0.211 e. The second-order valence-corrected chi connectivity index (χ2v) is 0.878. The summed E-state index contributed by atoms with van der Waals surface area (Å²) in [6, 6.07) is 0. The molecule has 8 heteroatoms. The maximum atomic E-state index is 9.52. The molecule has 0 bridgehead atoms. The van der Waals surface area contributed by atoms with Gasteiger partial charge in [-0.2, -0.15) is 0 Å². The molecular formula is H5N4O4+3. The Balaban J connectivity index is 3.83. The van der Waals surface area contributed by atoms with E-state index in [0.29, 0.717) is 0 Å². The zero-order valence-electron chi connectivity index (χ0n) is 3.76. The lowest BCUT2D eigenvalue weighted by Crippen LogP contribution is -2.72. The highest BCUT2D eigenvalue weighted by atomic mass is 16.8. The Morgan fingerprint density at radius 1 is 1.25 bits per heavy atom. The minimum atomic E-state index is -0.924. The first-order valence-corrected chi connectivity index (χ1v) is 1.48. The van der Waals surface area contributed by atoms with Crippen LogP contribution in [0.15, 0.2) is 0 Å². The van der Waals surface area contributed by atoms with Crippen molar-refractivity contribution in [3.05, 3.63) is 9.81 Å². The molecule has 0 amide bonds. The van der Waals surface area contributed by atoms with Gasteiger partial charge in [-0.05, 0) is 0 Å². The standard InChI is InChI=1S/H4N4O4/c1-2(3(5)6)4(7)8/h1H2,(H,5,6)(H,7,8)/q+2/p+1. The van der Waals surface area contributed by atoms with Gasteiger partial charge in [-0.25, -0.2) is 10.4 Å². The fourth-order valence-electron chi connectivity index (χ4n) is 0.0655. The summed E-state index contributed by atoms with van der Waals surface area (Å²) in [5.41, 5.74) is 0. The quantitative estimate of drug-likeness (QED) is 0.356. The zero-order valence-corrected chi connectivity index (χ0v) is 3.76. The second kappa shape index (κ2) is 2.02. The van der Waals surface area contributed by atoms with E-state index in [9.17, 15) is 9.81 Å². The van der Waals surface area contributed by atoms with Gasteiger partial charge in [-0.1, -0.05) is 0 Å².